The smallest absolute Gasteiger partial charge is 0.343 e. The van der Waals surface area contributed by atoms with Crippen molar-refractivity contribution in [2.75, 3.05) is 5.75 Å². The molecule has 1 aromatic carbocycles. The van der Waals surface area contributed by atoms with E-state index in [1.807, 2.05) is 6.92 Å². The fraction of sp³-hybridized carbons (Fsp3) is 0.444. The van der Waals surface area contributed by atoms with E-state index in [9.17, 15) is 23.1 Å². The molecular formula is C18H20O6S. The Kier molecular flexibility index (Phi) is 6.34. The van der Waals surface area contributed by atoms with Gasteiger partial charge >= 0.3 is 5.97 Å². The molecule has 0 aromatic heterocycles. The van der Waals surface area contributed by atoms with Gasteiger partial charge in [0.15, 0.2) is 15.9 Å². The lowest BCUT2D eigenvalue weighted by Crippen LogP contribution is -2.24. The highest BCUT2D eigenvalue weighted by molar-refractivity contribution is 7.90. The van der Waals surface area contributed by atoms with Crippen LogP contribution in [0.1, 0.15) is 37.3 Å². The zero-order valence-electron chi connectivity index (χ0n) is 13.9. The van der Waals surface area contributed by atoms with Crippen LogP contribution in [0.25, 0.3) is 0 Å². The number of ether oxygens (including phenoxy) is 1. The Hall–Kier alpha value is -2.17. The highest BCUT2D eigenvalue weighted by Gasteiger charge is 2.41. The number of benzene rings is 1. The molecule has 25 heavy (non-hydrogen) atoms. The quantitative estimate of drug-likeness (QED) is 0.459. The summed E-state index contributed by atoms with van der Waals surface area (Å²) in [6.07, 6.45) is -1.60. The zero-order chi connectivity index (χ0) is 18.4. The van der Waals surface area contributed by atoms with Crippen LogP contribution >= 0.6 is 0 Å². The number of hydrogen-bond donors (Lipinski definition) is 1. The predicted octanol–water partition coefficient (Wildman–Crippen LogP) is 0.998. The normalized spacial score (nSPS) is 20.1. The topological polar surface area (TPSA) is 97.7 Å². The number of sulfone groups is 1. The van der Waals surface area contributed by atoms with Gasteiger partial charge < -0.3 is 9.84 Å². The van der Waals surface area contributed by atoms with E-state index in [0.717, 1.165) is 0 Å². The van der Waals surface area contributed by atoms with Crippen molar-refractivity contribution in [3.63, 3.8) is 0 Å². The summed E-state index contributed by atoms with van der Waals surface area (Å²) >= 11 is 0. The standard InChI is InChI=1S/C18H20O6S/c1-2-11-25(22,23)12-14-9-4-3-7-13(14)8-5-6-10-15-16(19)17(20)18(21)24-15/h3-4,7,9,15,17,20H,2,6,10-12H2,1H3. The lowest BCUT2D eigenvalue weighted by Gasteiger charge is -2.06. The van der Waals surface area contributed by atoms with Crippen molar-refractivity contribution in [3.8, 4) is 11.8 Å². The molecule has 0 aliphatic carbocycles. The number of aliphatic hydroxyl groups excluding tert-OH is 1. The monoisotopic (exact) mass is 364 g/mol. The molecule has 1 aromatic rings. The summed E-state index contributed by atoms with van der Waals surface area (Å²) in [6.45, 7) is 1.82. The minimum Gasteiger partial charge on any atom is -0.452 e. The summed E-state index contributed by atoms with van der Waals surface area (Å²) in [5.41, 5.74) is 1.26. The first-order valence-electron chi connectivity index (χ1n) is 8.03. The molecular weight excluding hydrogens is 344 g/mol. The van der Waals surface area contributed by atoms with E-state index >= 15 is 0 Å². The van der Waals surface area contributed by atoms with Crippen molar-refractivity contribution in [2.24, 2.45) is 0 Å². The number of esters is 1. The lowest BCUT2D eigenvalue weighted by atomic mass is 10.1. The van der Waals surface area contributed by atoms with Crippen LogP contribution in [-0.2, 0) is 29.9 Å². The van der Waals surface area contributed by atoms with Gasteiger partial charge in [-0.3, -0.25) is 4.79 Å². The van der Waals surface area contributed by atoms with Crippen LogP contribution in [0, 0.1) is 11.8 Å². The van der Waals surface area contributed by atoms with Gasteiger partial charge in [-0.15, -0.1) is 0 Å². The first-order chi connectivity index (χ1) is 11.8. The second kappa shape index (κ2) is 8.28. The number of Topliss-reactive ketones (excluding diaryl/α,β-unsaturated/α-hetero) is 1. The van der Waals surface area contributed by atoms with Crippen LogP contribution in [0.3, 0.4) is 0 Å². The van der Waals surface area contributed by atoms with Crippen LogP contribution in [0.15, 0.2) is 24.3 Å². The van der Waals surface area contributed by atoms with Crippen LogP contribution in [-0.4, -0.2) is 43.2 Å². The minimum absolute atomic E-state index is 0.0589. The molecule has 134 valence electrons. The minimum atomic E-state index is -3.17. The molecule has 0 spiro atoms. The van der Waals surface area contributed by atoms with Gasteiger partial charge in [0.25, 0.3) is 0 Å². The van der Waals surface area contributed by atoms with E-state index in [1.165, 1.54) is 0 Å². The molecule has 1 aliphatic heterocycles. The first-order valence-corrected chi connectivity index (χ1v) is 9.85. The van der Waals surface area contributed by atoms with Crippen LogP contribution in [0.5, 0.6) is 0 Å². The maximum atomic E-state index is 12.0. The summed E-state index contributed by atoms with van der Waals surface area (Å²) < 4.78 is 28.8. The number of hydrogen-bond acceptors (Lipinski definition) is 6. The Labute approximate surface area is 147 Å². The molecule has 1 N–H and O–H groups in total. The number of aliphatic hydroxyl groups is 1. The van der Waals surface area contributed by atoms with Crippen molar-refractivity contribution in [1.29, 1.82) is 0 Å². The molecule has 7 heteroatoms. The molecule has 2 unspecified atom stereocenters. The van der Waals surface area contributed by atoms with Crippen molar-refractivity contribution in [1.82, 2.24) is 0 Å². The maximum Gasteiger partial charge on any atom is 0.343 e. The van der Waals surface area contributed by atoms with Gasteiger partial charge in [0.2, 0.25) is 11.9 Å². The summed E-state index contributed by atoms with van der Waals surface area (Å²) in [5, 5.41) is 9.24. The van der Waals surface area contributed by atoms with Crippen molar-refractivity contribution >= 4 is 21.6 Å². The number of carbonyl (C=O) groups is 2. The Balaban J connectivity index is 2.01. The van der Waals surface area contributed by atoms with E-state index in [4.69, 9.17) is 4.74 Å². The maximum absolute atomic E-state index is 12.0. The van der Waals surface area contributed by atoms with Gasteiger partial charge in [0, 0.05) is 18.4 Å². The first kappa shape index (κ1) is 19.2. The largest absolute Gasteiger partial charge is 0.452 e. The van der Waals surface area contributed by atoms with Crippen molar-refractivity contribution in [3.05, 3.63) is 35.4 Å². The third kappa shape index (κ3) is 5.15. The molecule has 1 heterocycles. The van der Waals surface area contributed by atoms with Crippen molar-refractivity contribution in [2.45, 2.75) is 44.1 Å². The molecule has 6 nitrogen and oxygen atoms in total. The molecule has 2 rings (SSSR count). The lowest BCUT2D eigenvalue weighted by molar-refractivity contribution is -0.147. The Morgan fingerprint density at radius 2 is 1.96 bits per heavy atom. The molecule has 1 saturated heterocycles. The van der Waals surface area contributed by atoms with Crippen LogP contribution in [0.4, 0.5) is 0 Å². The van der Waals surface area contributed by atoms with E-state index < -0.39 is 33.8 Å². The fourth-order valence-electron chi connectivity index (χ4n) is 2.51. The molecule has 0 radical (unpaired) electrons. The second-order valence-electron chi connectivity index (χ2n) is 5.82. The summed E-state index contributed by atoms with van der Waals surface area (Å²) in [7, 11) is -3.17. The highest BCUT2D eigenvalue weighted by atomic mass is 32.2. The van der Waals surface area contributed by atoms with Gasteiger partial charge in [-0.2, -0.15) is 0 Å². The van der Waals surface area contributed by atoms with Gasteiger partial charge in [-0.1, -0.05) is 37.0 Å². The van der Waals surface area contributed by atoms with E-state index in [0.29, 0.717) is 17.5 Å². The number of cyclic esters (lactones) is 1. The van der Waals surface area contributed by atoms with E-state index in [1.54, 1.807) is 24.3 Å². The van der Waals surface area contributed by atoms with Crippen LogP contribution < -0.4 is 0 Å². The van der Waals surface area contributed by atoms with E-state index in [2.05, 4.69) is 11.8 Å². The summed E-state index contributed by atoms with van der Waals surface area (Å²) in [5.74, 6) is 4.29. The summed E-state index contributed by atoms with van der Waals surface area (Å²) in [6, 6.07) is 7.02. The predicted molar refractivity (Wildman–Crippen MR) is 91.2 cm³/mol. The summed E-state index contributed by atoms with van der Waals surface area (Å²) in [4.78, 5) is 22.6. The van der Waals surface area contributed by atoms with Crippen molar-refractivity contribution < 1.29 is 27.9 Å². The van der Waals surface area contributed by atoms with Crippen LogP contribution in [0.2, 0.25) is 0 Å². The van der Waals surface area contributed by atoms with Gasteiger partial charge in [-0.25, -0.2) is 13.2 Å². The molecule has 0 bridgehead atoms. The fourth-order valence-corrected chi connectivity index (χ4v) is 4.00. The molecule has 1 fully saturated rings. The molecule has 0 saturated carbocycles. The third-order valence-electron chi connectivity index (χ3n) is 3.73. The molecule has 2 atom stereocenters. The zero-order valence-corrected chi connectivity index (χ0v) is 14.7. The number of ketones is 1. The van der Waals surface area contributed by atoms with Gasteiger partial charge in [0.1, 0.15) is 0 Å². The van der Waals surface area contributed by atoms with E-state index in [-0.39, 0.29) is 24.3 Å². The Bertz CT molecular complexity index is 815. The molecule has 1 aliphatic rings. The average molecular weight is 364 g/mol. The average Bonchev–Trinajstić information content (AvgIpc) is 2.79. The third-order valence-corrected chi connectivity index (χ3v) is 5.51. The SMILES string of the molecule is CCCS(=O)(=O)Cc1ccccc1C#CCCC1OC(=O)C(O)C1=O. The molecule has 0 amide bonds. The Morgan fingerprint density at radius 3 is 2.60 bits per heavy atom. The second-order valence-corrected chi connectivity index (χ2v) is 8.00. The van der Waals surface area contributed by atoms with Gasteiger partial charge in [0.05, 0.1) is 11.5 Å². The Morgan fingerprint density at radius 1 is 1.24 bits per heavy atom. The van der Waals surface area contributed by atoms with Gasteiger partial charge in [-0.05, 0) is 18.1 Å². The number of rotatable bonds is 6. The highest BCUT2D eigenvalue weighted by Crippen LogP contribution is 2.16. The number of carbonyl (C=O) groups excluding carboxylic acids is 2.